The van der Waals surface area contributed by atoms with Gasteiger partial charge in [0.25, 0.3) is 0 Å². The third-order valence-electron chi connectivity index (χ3n) is 5.24. The molecule has 118 valence electrons. The Kier molecular flexibility index (Phi) is 6.25. The van der Waals surface area contributed by atoms with Crippen LogP contribution < -0.4 is 5.32 Å². The van der Waals surface area contributed by atoms with Gasteiger partial charge >= 0.3 is 0 Å². The molecule has 0 radical (unpaired) electrons. The summed E-state index contributed by atoms with van der Waals surface area (Å²) in [6, 6.07) is 11.5. The van der Waals surface area contributed by atoms with E-state index in [1.54, 1.807) is 0 Å². The Morgan fingerprint density at radius 2 is 1.67 bits per heavy atom. The van der Waals surface area contributed by atoms with Gasteiger partial charge in [-0.25, -0.2) is 0 Å². The van der Waals surface area contributed by atoms with Crippen molar-refractivity contribution in [3.8, 4) is 0 Å². The second-order valence-electron chi connectivity index (χ2n) is 6.28. The summed E-state index contributed by atoms with van der Waals surface area (Å²) in [6.07, 6.45) is 6.60. The first-order chi connectivity index (χ1) is 10.3. The van der Waals surface area contributed by atoms with Gasteiger partial charge in [-0.15, -0.1) is 0 Å². The highest BCUT2D eigenvalue weighted by Crippen LogP contribution is 2.39. The van der Waals surface area contributed by atoms with Gasteiger partial charge in [-0.05, 0) is 44.5 Å². The Balaban J connectivity index is 2.24. The maximum atomic E-state index is 3.82. The quantitative estimate of drug-likeness (QED) is 0.781. The fourth-order valence-electron chi connectivity index (χ4n) is 4.27. The highest BCUT2D eigenvalue weighted by molar-refractivity contribution is 5.18. The van der Waals surface area contributed by atoms with Crippen LogP contribution in [-0.4, -0.2) is 36.1 Å². The molecule has 1 saturated carbocycles. The standard InChI is InChI=1S/C19H32N2/c1-4-20-18(16-17-12-8-7-9-13-17)19(14-10-11-15-19)21(5-2)6-3/h7-9,12-13,18,20H,4-6,10-11,14-16H2,1-3H3. The van der Waals surface area contributed by atoms with Crippen molar-refractivity contribution >= 4 is 0 Å². The van der Waals surface area contributed by atoms with Crippen LogP contribution in [0, 0.1) is 0 Å². The minimum atomic E-state index is 0.356. The summed E-state index contributed by atoms with van der Waals surface area (Å²) >= 11 is 0. The van der Waals surface area contributed by atoms with Crippen molar-refractivity contribution in [3.63, 3.8) is 0 Å². The van der Waals surface area contributed by atoms with E-state index < -0.39 is 0 Å². The van der Waals surface area contributed by atoms with E-state index >= 15 is 0 Å². The molecule has 0 bridgehead atoms. The number of nitrogens with one attached hydrogen (secondary N) is 1. The van der Waals surface area contributed by atoms with E-state index in [0.29, 0.717) is 11.6 Å². The van der Waals surface area contributed by atoms with E-state index in [-0.39, 0.29) is 0 Å². The Morgan fingerprint density at radius 1 is 1.05 bits per heavy atom. The second kappa shape index (κ2) is 7.95. The summed E-state index contributed by atoms with van der Waals surface area (Å²) in [5, 5.41) is 3.82. The molecule has 1 N–H and O–H groups in total. The van der Waals surface area contributed by atoms with Crippen LogP contribution in [0.25, 0.3) is 0 Å². The predicted molar refractivity (Wildman–Crippen MR) is 91.7 cm³/mol. The first-order valence-electron chi connectivity index (χ1n) is 8.79. The summed E-state index contributed by atoms with van der Waals surface area (Å²) in [7, 11) is 0. The zero-order chi connectivity index (χ0) is 15.1. The van der Waals surface area contributed by atoms with E-state index in [2.05, 4.69) is 61.3 Å². The zero-order valence-electron chi connectivity index (χ0n) is 14.1. The summed E-state index contributed by atoms with van der Waals surface area (Å²) in [5.41, 5.74) is 1.82. The first-order valence-corrected chi connectivity index (χ1v) is 8.79. The molecule has 0 aromatic heterocycles. The molecule has 0 heterocycles. The molecule has 0 spiro atoms. The van der Waals surface area contributed by atoms with Crippen molar-refractivity contribution in [2.45, 2.75) is 64.5 Å². The van der Waals surface area contributed by atoms with Crippen molar-refractivity contribution in [1.82, 2.24) is 10.2 Å². The van der Waals surface area contributed by atoms with Gasteiger partial charge < -0.3 is 5.32 Å². The molecule has 1 aliphatic rings. The minimum absolute atomic E-state index is 0.356. The van der Waals surface area contributed by atoms with Gasteiger partial charge in [-0.3, -0.25) is 4.90 Å². The summed E-state index contributed by atoms with van der Waals surface area (Å²) in [5.74, 6) is 0. The van der Waals surface area contributed by atoms with Gasteiger partial charge in [0.15, 0.2) is 0 Å². The maximum absolute atomic E-state index is 3.82. The largest absolute Gasteiger partial charge is 0.312 e. The molecule has 1 aromatic carbocycles. The number of hydrogen-bond donors (Lipinski definition) is 1. The third-order valence-corrected chi connectivity index (χ3v) is 5.24. The molecule has 1 aromatic rings. The molecule has 2 heteroatoms. The lowest BCUT2D eigenvalue weighted by Gasteiger charge is -2.47. The van der Waals surface area contributed by atoms with Gasteiger partial charge in [0.1, 0.15) is 0 Å². The minimum Gasteiger partial charge on any atom is -0.312 e. The number of likely N-dealkylation sites (N-methyl/N-ethyl adjacent to an activating group) is 2. The topological polar surface area (TPSA) is 15.3 Å². The van der Waals surface area contributed by atoms with Crippen LogP contribution in [0.2, 0.25) is 0 Å². The molecule has 21 heavy (non-hydrogen) atoms. The summed E-state index contributed by atoms with van der Waals surface area (Å²) in [4.78, 5) is 2.72. The Labute approximate surface area is 130 Å². The molecule has 1 aliphatic carbocycles. The predicted octanol–water partition coefficient (Wildman–Crippen LogP) is 3.86. The lowest BCUT2D eigenvalue weighted by Crippen LogP contribution is -2.60. The Hall–Kier alpha value is -0.860. The van der Waals surface area contributed by atoms with Crippen LogP contribution in [-0.2, 0) is 6.42 Å². The van der Waals surface area contributed by atoms with Crippen molar-refractivity contribution in [1.29, 1.82) is 0 Å². The highest BCUT2D eigenvalue weighted by atomic mass is 15.2. The monoisotopic (exact) mass is 288 g/mol. The summed E-state index contributed by atoms with van der Waals surface area (Å²) in [6.45, 7) is 10.2. The van der Waals surface area contributed by atoms with Crippen molar-refractivity contribution in [2.75, 3.05) is 19.6 Å². The molecular weight excluding hydrogens is 256 g/mol. The van der Waals surface area contributed by atoms with E-state index in [9.17, 15) is 0 Å². The van der Waals surface area contributed by atoms with Crippen molar-refractivity contribution < 1.29 is 0 Å². The van der Waals surface area contributed by atoms with Crippen LogP contribution in [0.4, 0.5) is 0 Å². The smallest absolute Gasteiger partial charge is 0.0365 e. The first kappa shape index (κ1) is 16.5. The molecule has 0 aliphatic heterocycles. The van der Waals surface area contributed by atoms with E-state index in [0.717, 1.165) is 26.1 Å². The molecule has 0 saturated heterocycles. The number of hydrogen-bond acceptors (Lipinski definition) is 2. The fraction of sp³-hybridized carbons (Fsp3) is 0.684. The van der Waals surface area contributed by atoms with Gasteiger partial charge in [-0.1, -0.05) is 63.9 Å². The molecule has 0 amide bonds. The lowest BCUT2D eigenvalue weighted by molar-refractivity contribution is 0.0635. The second-order valence-corrected chi connectivity index (χ2v) is 6.28. The van der Waals surface area contributed by atoms with E-state index in [4.69, 9.17) is 0 Å². The average Bonchev–Trinajstić information content (AvgIpc) is 3.00. The zero-order valence-corrected chi connectivity index (χ0v) is 14.1. The van der Waals surface area contributed by atoms with Crippen LogP contribution >= 0.6 is 0 Å². The van der Waals surface area contributed by atoms with Crippen LogP contribution in [0.3, 0.4) is 0 Å². The lowest BCUT2D eigenvalue weighted by atomic mass is 9.82. The molecular formula is C19H32N2. The maximum Gasteiger partial charge on any atom is 0.0365 e. The van der Waals surface area contributed by atoms with Crippen molar-refractivity contribution in [3.05, 3.63) is 35.9 Å². The Morgan fingerprint density at radius 3 is 2.19 bits per heavy atom. The van der Waals surface area contributed by atoms with E-state index in [1.807, 2.05) is 0 Å². The van der Waals surface area contributed by atoms with Gasteiger partial charge in [0, 0.05) is 11.6 Å². The van der Waals surface area contributed by atoms with Crippen molar-refractivity contribution in [2.24, 2.45) is 0 Å². The normalized spacial score (nSPS) is 19.0. The van der Waals surface area contributed by atoms with E-state index in [1.165, 1.54) is 31.2 Å². The number of rotatable bonds is 8. The molecule has 1 fully saturated rings. The summed E-state index contributed by atoms with van der Waals surface area (Å²) < 4.78 is 0. The number of benzene rings is 1. The van der Waals surface area contributed by atoms with Crippen LogP contribution in [0.5, 0.6) is 0 Å². The molecule has 1 unspecified atom stereocenters. The fourth-order valence-corrected chi connectivity index (χ4v) is 4.27. The Bertz CT molecular complexity index is 391. The highest BCUT2D eigenvalue weighted by Gasteiger charge is 2.44. The molecule has 2 rings (SSSR count). The molecule has 1 atom stereocenters. The average molecular weight is 288 g/mol. The van der Waals surface area contributed by atoms with Gasteiger partial charge in [0.05, 0.1) is 0 Å². The molecule has 2 nitrogen and oxygen atoms in total. The SMILES string of the molecule is CCNC(Cc1ccccc1)C1(N(CC)CC)CCCC1. The van der Waals surface area contributed by atoms with Crippen LogP contribution in [0.1, 0.15) is 52.0 Å². The number of nitrogens with zero attached hydrogens (tertiary/aromatic N) is 1. The van der Waals surface area contributed by atoms with Crippen LogP contribution in [0.15, 0.2) is 30.3 Å². The van der Waals surface area contributed by atoms with Gasteiger partial charge in [0.2, 0.25) is 0 Å². The third kappa shape index (κ3) is 3.67. The van der Waals surface area contributed by atoms with Gasteiger partial charge in [-0.2, -0.15) is 0 Å².